The SMILES string of the molecule is CC1(CN)CCN(c2ncc(Sc3cc(N)cnc3C(F)(F)F)[nH]c2=O)CC1. The molecule has 2 aromatic heterocycles. The van der Waals surface area contributed by atoms with Gasteiger partial charge in [0.25, 0.3) is 5.56 Å². The summed E-state index contributed by atoms with van der Waals surface area (Å²) in [5.41, 5.74) is 9.99. The van der Waals surface area contributed by atoms with Gasteiger partial charge >= 0.3 is 6.18 Å². The number of hydrogen-bond donors (Lipinski definition) is 3. The van der Waals surface area contributed by atoms with Crippen LogP contribution in [0.1, 0.15) is 25.5 Å². The lowest BCUT2D eigenvalue weighted by Crippen LogP contribution is -2.44. The molecule has 1 aliphatic rings. The number of rotatable bonds is 4. The van der Waals surface area contributed by atoms with E-state index in [0.29, 0.717) is 31.4 Å². The number of piperidine rings is 1. The molecule has 3 rings (SSSR count). The van der Waals surface area contributed by atoms with Crippen molar-refractivity contribution in [3.63, 3.8) is 0 Å². The van der Waals surface area contributed by atoms with Crippen LogP contribution in [0, 0.1) is 5.41 Å². The zero-order valence-corrected chi connectivity index (χ0v) is 16.0. The van der Waals surface area contributed by atoms with Gasteiger partial charge in [-0.3, -0.25) is 4.79 Å². The second kappa shape index (κ2) is 7.63. The van der Waals surface area contributed by atoms with Gasteiger partial charge in [-0.15, -0.1) is 0 Å². The Labute approximate surface area is 163 Å². The van der Waals surface area contributed by atoms with Crippen molar-refractivity contribution in [2.24, 2.45) is 11.1 Å². The van der Waals surface area contributed by atoms with E-state index in [1.807, 2.05) is 4.90 Å². The van der Waals surface area contributed by atoms with E-state index in [-0.39, 0.29) is 26.8 Å². The van der Waals surface area contributed by atoms with Gasteiger partial charge < -0.3 is 21.4 Å². The van der Waals surface area contributed by atoms with Crippen molar-refractivity contribution in [3.05, 3.63) is 34.5 Å². The summed E-state index contributed by atoms with van der Waals surface area (Å²) in [7, 11) is 0. The summed E-state index contributed by atoms with van der Waals surface area (Å²) in [5.74, 6) is 0.255. The van der Waals surface area contributed by atoms with Crippen molar-refractivity contribution >= 4 is 23.3 Å². The van der Waals surface area contributed by atoms with E-state index < -0.39 is 17.4 Å². The van der Waals surface area contributed by atoms with Gasteiger partial charge in [0.2, 0.25) is 0 Å². The van der Waals surface area contributed by atoms with Crippen molar-refractivity contribution in [3.8, 4) is 0 Å². The van der Waals surface area contributed by atoms with Gasteiger partial charge in [0.15, 0.2) is 11.5 Å². The van der Waals surface area contributed by atoms with Crippen molar-refractivity contribution in [2.45, 2.75) is 35.9 Å². The average Bonchev–Trinajstić information content (AvgIpc) is 2.62. The number of alkyl halides is 3. The minimum atomic E-state index is -4.63. The summed E-state index contributed by atoms with van der Waals surface area (Å²) in [6.07, 6.45) is -0.660. The molecule has 0 bridgehead atoms. The summed E-state index contributed by atoms with van der Waals surface area (Å²) in [4.78, 5) is 24.3. The van der Waals surface area contributed by atoms with Crippen LogP contribution in [0.5, 0.6) is 0 Å². The van der Waals surface area contributed by atoms with E-state index in [9.17, 15) is 18.0 Å². The standard InChI is InChI=1S/C17H21F3N6OS/c1-16(9-21)2-4-26(5-3-16)14-15(27)25-12(8-24-14)28-11-6-10(22)7-23-13(11)17(18,19)20/h6-8H,2-5,9,21-22H2,1H3,(H,25,27). The average molecular weight is 414 g/mol. The first-order valence-corrected chi connectivity index (χ1v) is 9.48. The molecule has 0 atom stereocenters. The van der Waals surface area contributed by atoms with E-state index in [1.54, 1.807) is 0 Å². The lowest BCUT2D eigenvalue weighted by atomic mass is 9.80. The number of aromatic nitrogens is 3. The number of nitrogens with two attached hydrogens (primary N) is 2. The monoisotopic (exact) mass is 414 g/mol. The summed E-state index contributed by atoms with van der Waals surface area (Å²) in [6.45, 7) is 3.98. The number of hydrogen-bond acceptors (Lipinski definition) is 7. The zero-order valence-electron chi connectivity index (χ0n) is 15.2. The Bertz CT molecular complexity index is 908. The Kier molecular flexibility index (Phi) is 5.57. The van der Waals surface area contributed by atoms with E-state index in [0.717, 1.165) is 19.0 Å². The summed E-state index contributed by atoms with van der Waals surface area (Å²) in [6, 6.07) is 1.17. The fraction of sp³-hybridized carbons (Fsp3) is 0.471. The Morgan fingerprint density at radius 3 is 2.54 bits per heavy atom. The van der Waals surface area contributed by atoms with Crippen LogP contribution in [-0.4, -0.2) is 34.6 Å². The fourth-order valence-electron chi connectivity index (χ4n) is 2.99. The molecule has 5 N–H and O–H groups in total. The topological polar surface area (TPSA) is 114 Å². The second-order valence-corrected chi connectivity index (χ2v) is 8.20. The van der Waals surface area contributed by atoms with E-state index >= 15 is 0 Å². The van der Waals surface area contributed by atoms with Gasteiger partial charge in [0.1, 0.15) is 0 Å². The maximum Gasteiger partial charge on any atom is 0.434 e. The van der Waals surface area contributed by atoms with E-state index in [4.69, 9.17) is 11.5 Å². The van der Waals surface area contributed by atoms with Gasteiger partial charge in [0, 0.05) is 18.0 Å². The molecule has 3 heterocycles. The number of anilines is 2. The number of H-pyrrole nitrogens is 1. The lowest BCUT2D eigenvalue weighted by molar-refractivity contribution is -0.143. The Balaban J connectivity index is 1.81. The maximum absolute atomic E-state index is 13.1. The maximum atomic E-state index is 13.1. The molecule has 0 aromatic carbocycles. The number of nitrogen functional groups attached to an aromatic ring is 1. The minimum absolute atomic E-state index is 0.0489. The highest BCUT2D eigenvalue weighted by atomic mass is 32.2. The van der Waals surface area contributed by atoms with Crippen LogP contribution in [0.25, 0.3) is 0 Å². The summed E-state index contributed by atoms with van der Waals surface area (Å²) >= 11 is 0.713. The number of nitrogens with zero attached hydrogens (tertiary/aromatic N) is 3. The molecular formula is C17H21F3N6OS. The molecule has 0 spiro atoms. The first-order chi connectivity index (χ1) is 13.1. The minimum Gasteiger partial charge on any atom is -0.397 e. The van der Waals surface area contributed by atoms with Gasteiger partial charge in [-0.05, 0) is 30.9 Å². The Morgan fingerprint density at radius 1 is 1.29 bits per heavy atom. The van der Waals surface area contributed by atoms with Gasteiger partial charge in [-0.25, -0.2) is 9.97 Å². The highest BCUT2D eigenvalue weighted by Crippen LogP contribution is 2.38. The van der Waals surface area contributed by atoms with Crippen molar-refractivity contribution in [1.29, 1.82) is 0 Å². The van der Waals surface area contributed by atoms with Crippen LogP contribution in [0.2, 0.25) is 0 Å². The van der Waals surface area contributed by atoms with E-state index in [1.165, 1.54) is 12.3 Å². The first kappa shape index (κ1) is 20.5. The predicted molar refractivity (Wildman–Crippen MR) is 101 cm³/mol. The van der Waals surface area contributed by atoms with Crippen LogP contribution in [0.4, 0.5) is 24.7 Å². The molecule has 1 fully saturated rings. The van der Waals surface area contributed by atoms with Gasteiger partial charge in [-0.2, -0.15) is 13.2 Å². The molecule has 11 heteroatoms. The molecule has 1 saturated heterocycles. The van der Waals surface area contributed by atoms with Crippen LogP contribution >= 0.6 is 11.8 Å². The van der Waals surface area contributed by atoms with Crippen molar-refractivity contribution in [2.75, 3.05) is 30.3 Å². The third kappa shape index (κ3) is 4.41. The van der Waals surface area contributed by atoms with Gasteiger partial charge in [-0.1, -0.05) is 18.7 Å². The Hall–Kier alpha value is -2.27. The summed E-state index contributed by atoms with van der Waals surface area (Å²) < 4.78 is 39.4. The second-order valence-electron chi connectivity index (χ2n) is 7.12. The third-order valence-corrected chi connectivity index (χ3v) is 5.83. The largest absolute Gasteiger partial charge is 0.434 e. The number of pyridine rings is 1. The molecule has 0 aliphatic carbocycles. The molecule has 0 unspecified atom stereocenters. The lowest BCUT2D eigenvalue weighted by Gasteiger charge is -2.38. The molecule has 152 valence electrons. The quantitative estimate of drug-likeness (QED) is 0.704. The van der Waals surface area contributed by atoms with Crippen molar-refractivity contribution < 1.29 is 13.2 Å². The molecule has 28 heavy (non-hydrogen) atoms. The Morgan fingerprint density at radius 2 is 1.96 bits per heavy atom. The number of halogens is 3. The fourth-order valence-corrected chi connectivity index (χ4v) is 3.93. The number of aromatic amines is 1. The number of nitrogens with one attached hydrogen (secondary N) is 1. The van der Waals surface area contributed by atoms with E-state index in [2.05, 4.69) is 21.9 Å². The normalized spacial score (nSPS) is 17.0. The molecule has 7 nitrogen and oxygen atoms in total. The smallest absolute Gasteiger partial charge is 0.397 e. The third-order valence-electron chi connectivity index (χ3n) is 4.87. The highest BCUT2D eigenvalue weighted by molar-refractivity contribution is 7.99. The molecule has 0 amide bonds. The first-order valence-electron chi connectivity index (χ1n) is 8.66. The van der Waals surface area contributed by atoms with Crippen molar-refractivity contribution in [1.82, 2.24) is 15.0 Å². The molecular weight excluding hydrogens is 393 g/mol. The van der Waals surface area contributed by atoms with Gasteiger partial charge in [0.05, 0.1) is 23.1 Å². The molecule has 2 aromatic rings. The summed E-state index contributed by atoms with van der Waals surface area (Å²) in [5, 5.41) is 0.176. The van der Waals surface area contributed by atoms with Crippen LogP contribution < -0.4 is 21.9 Å². The highest BCUT2D eigenvalue weighted by Gasteiger charge is 2.36. The molecule has 1 aliphatic heterocycles. The molecule has 0 saturated carbocycles. The zero-order chi connectivity index (χ0) is 20.5. The van der Waals surface area contributed by atoms with Crippen LogP contribution in [0.15, 0.2) is 33.2 Å². The molecule has 0 radical (unpaired) electrons. The predicted octanol–water partition coefficient (Wildman–Crippen LogP) is 2.48. The van der Waals surface area contributed by atoms with Crippen LogP contribution in [0.3, 0.4) is 0 Å². The van der Waals surface area contributed by atoms with Crippen LogP contribution in [-0.2, 0) is 6.18 Å².